The van der Waals surface area contributed by atoms with E-state index in [1.807, 2.05) is 42.2 Å². The first-order valence-corrected chi connectivity index (χ1v) is 8.35. The van der Waals surface area contributed by atoms with E-state index in [0.717, 1.165) is 53.3 Å². The predicted octanol–water partition coefficient (Wildman–Crippen LogP) is 3.55. The molecule has 4 heterocycles. The van der Waals surface area contributed by atoms with Crippen molar-refractivity contribution < 1.29 is 8.83 Å². The monoisotopic (exact) mass is 313 g/mol. The number of nitrogens with zero attached hydrogens (tertiary/aromatic N) is 3. The maximum atomic E-state index is 5.55. The summed E-state index contributed by atoms with van der Waals surface area (Å²) in [7, 11) is 0. The lowest BCUT2D eigenvalue weighted by Gasteiger charge is -2.26. The quantitative estimate of drug-likeness (QED) is 0.737. The van der Waals surface area contributed by atoms with E-state index in [1.165, 1.54) is 0 Å². The topological polar surface area (TPSA) is 55.3 Å². The van der Waals surface area contributed by atoms with Gasteiger partial charge in [-0.3, -0.25) is 0 Å². The molecule has 6 heteroatoms. The Bertz CT molecular complexity index is 735. The fourth-order valence-corrected chi connectivity index (χ4v) is 3.40. The smallest absolute Gasteiger partial charge is 0.226 e. The Labute approximate surface area is 132 Å². The van der Waals surface area contributed by atoms with Crippen molar-refractivity contribution >= 4 is 17.7 Å². The molecule has 1 aliphatic rings. The molecular formula is C16H15N3O2S. The summed E-state index contributed by atoms with van der Waals surface area (Å²) in [6.45, 7) is 1.95. The molecule has 5 nitrogen and oxygen atoms in total. The minimum absolute atomic E-state index is 0.724. The summed E-state index contributed by atoms with van der Waals surface area (Å²) in [5.41, 5.74) is 1.61. The SMILES string of the molecule is c1coc(-c2cnc(N3CCSCC3)nc2-c2ccco2)c1. The number of furan rings is 2. The second-order valence-electron chi connectivity index (χ2n) is 4.99. The Balaban J connectivity index is 1.79. The second-order valence-corrected chi connectivity index (χ2v) is 6.21. The van der Waals surface area contributed by atoms with Crippen LogP contribution in [0.25, 0.3) is 22.8 Å². The van der Waals surface area contributed by atoms with Crippen molar-refractivity contribution in [2.45, 2.75) is 0 Å². The van der Waals surface area contributed by atoms with Crippen molar-refractivity contribution in [3.63, 3.8) is 0 Å². The summed E-state index contributed by atoms with van der Waals surface area (Å²) >= 11 is 1.97. The third kappa shape index (κ3) is 2.50. The molecule has 0 atom stereocenters. The molecule has 1 aliphatic heterocycles. The number of hydrogen-bond donors (Lipinski definition) is 0. The zero-order chi connectivity index (χ0) is 14.8. The van der Waals surface area contributed by atoms with Crippen molar-refractivity contribution in [3.8, 4) is 22.8 Å². The van der Waals surface area contributed by atoms with Gasteiger partial charge in [0.2, 0.25) is 5.95 Å². The van der Waals surface area contributed by atoms with Crippen molar-refractivity contribution in [3.05, 3.63) is 43.0 Å². The van der Waals surface area contributed by atoms with E-state index in [-0.39, 0.29) is 0 Å². The van der Waals surface area contributed by atoms with Crippen LogP contribution in [0.15, 0.2) is 51.8 Å². The van der Waals surface area contributed by atoms with Crippen LogP contribution in [0.5, 0.6) is 0 Å². The van der Waals surface area contributed by atoms with Crippen LogP contribution < -0.4 is 4.90 Å². The van der Waals surface area contributed by atoms with Gasteiger partial charge in [-0.15, -0.1) is 0 Å². The average molecular weight is 313 g/mol. The third-order valence-electron chi connectivity index (χ3n) is 3.61. The van der Waals surface area contributed by atoms with Gasteiger partial charge in [-0.05, 0) is 24.3 Å². The Hall–Kier alpha value is -2.21. The molecule has 112 valence electrons. The van der Waals surface area contributed by atoms with Crippen LogP contribution in [0, 0.1) is 0 Å². The van der Waals surface area contributed by atoms with Crippen LogP contribution in [-0.4, -0.2) is 34.6 Å². The molecule has 0 bridgehead atoms. The lowest BCUT2D eigenvalue weighted by Crippen LogP contribution is -2.33. The van der Waals surface area contributed by atoms with Crippen LogP contribution in [0.1, 0.15) is 0 Å². The number of hydrogen-bond acceptors (Lipinski definition) is 6. The summed E-state index contributed by atoms with van der Waals surface area (Å²) < 4.78 is 11.1. The van der Waals surface area contributed by atoms with Crippen molar-refractivity contribution in [1.82, 2.24) is 9.97 Å². The number of rotatable bonds is 3. The molecule has 1 fully saturated rings. The molecule has 22 heavy (non-hydrogen) atoms. The van der Waals surface area contributed by atoms with E-state index < -0.39 is 0 Å². The Morgan fingerprint density at radius 1 is 1.00 bits per heavy atom. The highest BCUT2D eigenvalue weighted by atomic mass is 32.2. The van der Waals surface area contributed by atoms with Crippen molar-refractivity contribution in [1.29, 1.82) is 0 Å². The van der Waals surface area contributed by atoms with Gasteiger partial charge in [-0.1, -0.05) is 0 Å². The summed E-state index contributed by atoms with van der Waals surface area (Å²) in [5, 5.41) is 0. The molecule has 0 spiro atoms. The highest BCUT2D eigenvalue weighted by molar-refractivity contribution is 7.99. The molecule has 4 rings (SSSR count). The second kappa shape index (κ2) is 5.88. The average Bonchev–Trinajstić information content (AvgIpc) is 3.29. The summed E-state index contributed by atoms with van der Waals surface area (Å²) in [4.78, 5) is 11.5. The lowest BCUT2D eigenvalue weighted by molar-refractivity contribution is 0.573. The molecule has 0 amide bonds. The number of anilines is 1. The molecule has 0 aromatic carbocycles. The van der Waals surface area contributed by atoms with E-state index in [0.29, 0.717) is 0 Å². The van der Waals surface area contributed by atoms with E-state index in [9.17, 15) is 0 Å². The summed E-state index contributed by atoms with van der Waals surface area (Å²) in [6.07, 6.45) is 5.12. The Morgan fingerprint density at radius 2 is 1.73 bits per heavy atom. The van der Waals surface area contributed by atoms with Crippen LogP contribution >= 0.6 is 11.8 Å². The Kier molecular flexibility index (Phi) is 3.60. The molecule has 0 saturated carbocycles. The highest BCUT2D eigenvalue weighted by Crippen LogP contribution is 2.32. The fourth-order valence-electron chi connectivity index (χ4n) is 2.50. The molecule has 1 saturated heterocycles. The van der Waals surface area contributed by atoms with Crippen LogP contribution in [0.4, 0.5) is 5.95 Å². The van der Waals surface area contributed by atoms with Crippen molar-refractivity contribution in [2.75, 3.05) is 29.5 Å². The zero-order valence-corrected chi connectivity index (χ0v) is 12.8. The van der Waals surface area contributed by atoms with E-state index in [4.69, 9.17) is 13.8 Å². The van der Waals surface area contributed by atoms with Crippen LogP contribution in [0.2, 0.25) is 0 Å². The molecule has 0 radical (unpaired) electrons. The number of aromatic nitrogens is 2. The first-order chi connectivity index (χ1) is 10.9. The normalized spacial score (nSPS) is 15.2. The minimum atomic E-state index is 0.724. The zero-order valence-electron chi connectivity index (χ0n) is 11.9. The van der Waals surface area contributed by atoms with Crippen LogP contribution in [-0.2, 0) is 0 Å². The summed E-state index contributed by atoms with van der Waals surface area (Å²) in [5.74, 6) is 4.44. The van der Waals surface area contributed by atoms with Gasteiger partial charge in [0.15, 0.2) is 5.76 Å². The highest BCUT2D eigenvalue weighted by Gasteiger charge is 2.19. The van der Waals surface area contributed by atoms with Gasteiger partial charge >= 0.3 is 0 Å². The van der Waals surface area contributed by atoms with Gasteiger partial charge in [-0.2, -0.15) is 11.8 Å². The van der Waals surface area contributed by atoms with Gasteiger partial charge in [-0.25, -0.2) is 9.97 Å². The summed E-state index contributed by atoms with van der Waals surface area (Å²) in [6, 6.07) is 7.53. The maximum Gasteiger partial charge on any atom is 0.226 e. The molecule has 0 unspecified atom stereocenters. The van der Waals surface area contributed by atoms with Crippen LogP contribution in [0.3, 0.4) is 0 Å². The fraction of sp³-hybridized carbons (Fsp3) is 0.250. The maximum absolute atomic E-state index is 5.55. The van der Waals surface area contributed by atoms with E-state index >= 15 is 0 Å². The van der Waals surface area contributed by atoms with Gasteiger partial charge in [0.05, 0.1) is 18.1 Å². The predicted molar refractivity (Wildman–Crippen MR) is 87.0 cm³/mol. The van der Waals surface area contributed by atoms with Gasteiger partial charge in [0, 0.05) is 30.8 Å². The largest absolute Gasteiger partial charge is 0.464 e. The number of thioether (sulfide) groups is 1. The Morgan fingerprint density at radius 3 is 2.41 bits per heavy atom. The lowest BCUT2D eigenvalue weighted by atomic mass is 10.1. The first-order valence-electron chi connectivity index (χ1n) is 7.19. The molecule has 0 N–H and O–H groups in total. The molecule has 3 aromatic rings. The van der Waals surface area contributed by atoms with E-state index in [1.54, 1.807) is 12.5 Å². The molecule has 3 aromatic heterocycles. The van der Waals surface area contributed by atoms with E-state index in [2.05, 4.69) is 9.88 Å². The van der Waals surface area contributed by atoms with Crippen molar-refractivity contribution in [2.24, 2.45) is 0 Å². The molecule has 0 aliphatic carbocycles. The van der Waals surface area contributed by atoms with Gasteiger partial charge in [0.25, 0.3) is 0 Å². The third-order valence-corrected chi connectivity index (χ3v) is 4.55. The van der Waals surface area contributed by atoms with Gasteiger partial charge in [0.1, 0.15) is 11.5 Å². The molecular weight excluding hydrogens is 298 g/mol. The first kappa shape index (κ1) is 13.5. The minimum Gasteiger partial charge on any atom is -0.464 e. The van der Waals surface area contributed by atoms with Gasteiger partial charge < -0.3 is 13.7 Å². The standard InChI is InChI=1S/C16H15N3O2S/c1-3-13(20-7-1)12-11-17-16(19-5-9-22-10-6-19)18-15(12)14-4-2-8-21-14/h1-4,7-8,11H,5-6,9-10H2.